The molecule has 0 bridgehead atoms. The van der Waals surface area contributed by atoms with Gasteiger partial charge in [0.15, 0.2) is 5.82 Å². The van der Waals surface area contributed by atoms with E-state index in [0.29, 0.717) is 5.69 Å². The van der Waals surface area contributed by atoms with Crippen LogP contribution >= 0.6 is 15.9 Å². The van der Waals surface area contributed by atoms with E-state index in [1.807, 2.05) is 10.7 Å². The summed E-state index contributed by atoms with van der Waals surface area (Å²) >= 11 is 3.41. The molecular weight excluding hydrogens is 346 g/mol. The van der Waals surface area contributed by atoms with Crippen LogP contribution in [0.5, 0.6) is 0 Å². The van der Waals surface area contributed by atoms with E-state index in [0.717, 1.165) is 42.9 Å². The molecule has 0 spiro atoms. The maximum atomic E-state index is 12.1. The first-order valence-corrected chi connectivity index (χ1v) is 8.28. The Hall–Kier alpha value is -1.60. The average molecular weight is 366 g/mol. The van der Waals surface area contributed by atoms with Crippen LogP contribution in [0.25, 0.3) is 0 Å². The maximum absolute atomic E-state index is 12.1. The molecule has 0 saturated carbocycles. The topological polar surface area (TPSA) is 55.1 Å². The molecule has 2 aromatic rings. The molecule has 22 heavy (non-hydrogen) atoms. The second kappa shape index (κ2) is 6.26. The Labute approximate surface area is 137 Å². The first kappa shape index (κ1) is 15.3. The Balaban J connectivity index is 1.82. The van der Waals surface area contributed by atoms with Gasteiger partial charge in [0.1, 0.15) is 5.69 Å². The first-order valence-electron chi connectivity index (χ1n) is 7.49. The molecule has 1 N–H and O–H groups in total. The monoisotopic (exact) mass is 365 g/mol. The van der Waals surface area contributed by atoms with Crippen LogP contribution in [0.2, 0.25) is 0 Å². The summed E-state index contributed by atoms with van der Waals surface area (Å²) in [6, 6.07) is 3.81. The molecule has 3 heterocycles. The minimum absolute atomic E-state index is 0.0678. The Kier molecular flexibility index (Phi) is 4.35. The van der Waals surface area contributed by atoms with Gasteiger partial charge in [0.2, 0.25) is 0 Å². The van der Waals surface area contributed by atoms with Crippen LogP contribution in [0.4, 0.5) is 11.5 Å². The zero-order valence-corrected chi connectivity index (χ0v) is 14.4. The molecule has 0 atom stereocenters. The number of halogens is 1. The number of rotatable bonds is 4. The van der Waals surface area contributed by atoms with Gasteiger partial charge in [0.25, 0.3) is 5.56 Å². The summed E-state index contributed by atoms with van der Waals surface area (Å²) in [5.41, 5.74) is 1.65. The third kappa shape index (κ3) is 3.10. The van der Waals surface area contributed by atoms with Gasteiger partial charge in [0, 0.05) is 36.9 Å². The van der Waals surface area contributed by atoms with Gasteiger partial charge < -0.3 is 9.88 Å². The Morgan fingerprint density at radius 2 is 2.18 bits per heavy atom. The molecule has 6 nitrogen and oxygen atoms in total. The maximum Gasteiger partial charge on any atom is 0.274 e. The van der Waals surface area contributed by atoms with E-state index in [1.54, 1.807) is 23.9 Å². The fourth-order valence-electron chi connectivity index (χ4n) is 2.79. The van der Waals surface area contributed by atoms with Crippen LogP contribution < -0.4 is 10.9 Å². The van der Waals surface area contributed by atoms with Crippen LogP contribution in [-0.2, 0) is 20.1 Å². The fraction of sp³-hybridized carbons (Fsp3) is 0.467. The molecule has 0 fully saturated rings. The molecule has 2 aromatic heterocycles. The van der Waals surface area contributed by atoms with Crippen LogP contribution in [0.1, 0.15) is 19.0 Å². The zero-order valence-electron chi connectivity index (χ0n) is 12.8. The highest BCUT2D eigenvalue weighted by Crippen LogP contribution is 2.20. The van der Waals surface area contributed by atoms with Crippen molar-refractivity contribution in [3.63, 3.8) is 0 Å². The quantitative estimate of drug-likeness (QED) is 0.903. The lowest BCUT2D eigenvalue weighted by Gasteiger charge is -2.26. The van der Waals surface area contributed by atoms with Crippen LogP contribution in [0, 0.1) is 0 Å². The van der Waals surface area contributed by atoms with Crippen molar-refractivity contribution in [3.8, 4) is 0 Å². The van der Waals surface area contributed by atoms with Gasteiger partial charge in [-0.1, -0.05) is 6.92 Å². The van der Waals surface area contributed by atoms with Gasteiger partial charge in [-0.2, -0.15) is 5.10 Å². The molecule has 0 saturated heterocycles. The highest BCUT2D eigenvalue weighted by Gasteiger charge is 2.18. The summed E-state index contributed by atoms with van der Waals surface area (Å²) in [7, 11) is 1.74. The molecule has 0 radical (unpaired) electrons. The van der Waals surface area contributed by atoms with E-state index in [-0.39, 0.29) is 5.56 Å². The van der Waals surface area contributed by atoms with Crippen molar-refractivity contribution in [1.82, 2.24) is 19.2 Å². The summed E-state index contributed by atoms with van der Waals surface area (Å²) < 4.78 is 4.43. The van der Waals surface area contributed by atoms with E-state index in [2.05, 4.69) is 38.2 Å². The molecule has 7 heteroatoms. The van der Waals surface area contributed by atoms with Gasteiger partial charge in [-0.05, 0) is 35.0 Å². The predicted octanol–water partition coefficient (Wildman–Crippen LogP) is 2.31. The number of nitrogens with zero attached hydrogens (tertiary/aromatic N) is 4. The average Bonchev–Trinajstić information content (AvgIpc) is 2.86. The van der Waals surface area contributed by atoms with Gasteiger partial charge in [-0.25, -0.2) is 0 Å². The molecule has 3 rings (SSSR count). The van der Waals surface area contributed by atoms with Gasteiger partial charge in [-0.15, -0.1) is 0 Å². The molecular formula is C15H20BrN5O. The van der Waals surface area contributed by atoms with Crippen molar-refractivity contribution in [2.24, 2.45) is 7.05 Å². The summed E-state index contributed by atoms with van der Waals surface area (Å²) in [6.45, 7) is 6.15. The fourth-order valence-corrected chi connectivity index (χ4v) is 3.32. The standard InChI is InChI=1S/C15H20BrN5O/c1-3-4-20-5-6-21-12(10-20)8-14(18-21)17-13-7-11(16)9-19(2)15(13)22/h7-9H,3-6,10H2,1-2H3,(H,17,18). The highest BCUT2D eigenvalue weighted by atomic mass is 79.9. The number of pyridine rings is 1. The minimum atomic E-state index is -0.0678. The SMILES string of the molecule is CCCN1CCn2nc(Nc3cc(Br)cn(C)c3=O)cc2C1. The van der Waals surface area contributed by atoms with Crippen molar-refractivity contribution in [1.29, 1.82) is 0 Å². The third-order valence-corrected chi connectivity index (χ3v) is 4.26. The normalized spacial score (nSPS) is 14.9. The Morgan fingerprint density at radius 1 is 1.36 bits per heavy atom. The molecule has 0 amide bonds. The van der Waals surface area contributed by atoms with Gasteiger partial charge in [0.05, 0.1) is 12.2 Å². The predicted molar refractivity (Wildman–Crippen MR) is 90.5 cm³/mol. The van der Waals surface area contributed by atoms with Crippen molar-refractivity contribution in [2.45, 2.75) is 26.4 Å². The first-order chi connectivity index (χ1) is 10.6. The van der Waals surface area contributed by atoms with Gasteiger partial charge >= 0.3 is 0 Å². The van der Waals surface area contributed by atoms with Crippen LogP contribution in [0.15, 0.2) is 27.6 Å². The summed E-state index contributed by atoms with van der Waals surface area (Å²) in [5.74, 6) is 0.726. The Morgan fingerprint density at radius 3 is 2.95 bits per heavy atom. The van der Waals surface area contributed by atoms with Gasteiger partial charge in [-0.3, -0.25) is 14.4 Å². The summed E-state index contributed by atoms with van der Waals surface area (Å²) in [4.78, 5) is 14.6. The lowest BCUT2D eigenvalue weighted by molar-refractivity contribution is 0.214. The highest BCUT2D eigenvalue weighted by molar-refractivity contribution is 9.10. The summed E-state index contributed by atoms with van der Waals surface area (Å²) in [5, 5.41) is 7.70. The number of nitrogens with one attached hydrogen (secondary N) is 1. The number of fused-ring (bicyclic) bond motifs is 1. The largest absolute Gasteiger partial charge is 0.334 e. The second-order valence-corrected chi connectivity index (χ2v) is 6.55. The number of aromatic nitrogens is 3. The lowest BCUT2D eigenvalue weighted by atomic mass is 10.3. The summed E-state index contributed by atoms with van der Waals surface area (Å²) in [6.07, 6.45) is 2.90. The minimum Gasteiger partial charge on any atom is -0.334 e. The molecule has 118 valence electrons. The molecule has 0 aliphatic carbocycles. The van der Waals surface area contributed by atoms with E-state index < -0.39 is 0 Å². The molecule has 1 aliphatic heterocycles. The number of hydrogen-bond donors (Lipinski definition) is 1. The van der Waals surface area contributed by atoms with Crippen molar-refractivity contribution in [2.75, 3.05) is 18.4 Å². The van der Waals surface area contributed by atoms with Crippen LogP contribution in [-0.4, -0.2) is 32.3 Å². The lowest BCUT2D eigenvalue weighted by Crippen LogP contribution is -2.34. The smallest absolute Gasteiger partial charge is 0.274 e. The van der Waals surface area contributed by atoms with Crippen molar-refractivity contribution < 1.29 is 0 Å². The van der Waals surface area contributed by atoms with E-state index in [4.69, 9.17) is 0 Å². The van der Waals surface area contributed by atoms with Crippen molar-refractivity contribution in [3.05, 3.63) is 38.9 Å². The number of aryl methyl sites for hydroxylation is 1. The number of anilines is 2. The van der Waals surface area contributed by atoms with E-state index in [9.17, 15) is 4.79 Å². The third-order valence-electron chi connectivity index (χ3n) is 3.83. The van der Waals surface area contributed by atoms with E-state index >= 15 is 0 Å². The molecule has 0 aromatic carbocycles. The second-order valence-electron chi connectivity index (χ2n) is 5.63. The Bertz CT molecular complexity index is 736. The molecule has 1 aliphatic rings. The van der Waals surface area contributed by atoms with Crippen molar-refractivity contribution >= 4 is 27.4 Å². The molecule has 0 unspecified atom stereocenters. The zero-order chi connectivity index (χ0) is 15.7. The number of hydrogen-bond acceptors (Lipinski definition) is 4. The van der Waals surface area contributed by atoms with E-state index in [1.165, 1.54) is 5.69 Å². The van der Waals surface area contributed by atoms with Crippen LogP contribution in [0.3, 0.4) is 0 Å².